The van der Waals surface area contributed by atoms with Crippen LogP contribution in [0.15, 0.2) is 42.5 Å². The molecule has 3 rings (SSSR count). The Kier molecular flexibility index (Phi) is 4.29. The second-order valence-electron chi connectivity index (χ2n) is 5.68. The first-order valence-corrected chi connectivity index (χ1v) is 7.71. The zero-order chi connectivity index (χ0) is 16.2. The molecule has 0 saturated heterocycles. The zero-order valence-electron chi connectivity index (χ0n) is 13.1. The van der Waals surface area contributed by atoms with E-state index < -0.39 is 0 Å². The Morgan fingerprint density at radius 2 is 2.13 bits per heavy atom. The highest BCUT2D eigenvalue weighted by Crippen LogP contribution is 2.28. The van der Waals surface area contributed by atoms with E-state index in [0.717, 1.165) is 18.5 Å². The molecule has 0 bridgehead atoms. The van der Waals surface area contributed by atoms with E-state index in [1.54, 1.807) is 29.2 Å². The average Bonchev–Trinajstić information content (AvgIpc) is 2.59. The summed E-state index contributed by atoms with van der Waals surface area (Å²) < 4.78 is 5.57. The summed E-state index contributed by atoms with van der Waals surface area (Å²) in [6, 6.07) is 15.2. The molecule has 4 nitrogen and oxygen atoms in total. The number of rotatable bonds is 3. The molecule has 0 unspecified atom stereocenters. The number of hydrogen-bond donors (Lipinski definition) is 0. The molecule has 0 aliphatic carbocycles. The molecule has 0 fully saturated rings. The molecule has 0 atom stereocenters. The Hall–Kier alpha value is -2.80. The van der Waals surface area contributed by atoms with Crippen molar-refractivity contribution in [2.45, 2.75) is 19.8 Å². The number of aryl methyl sites for hydroxylation is 2. The maximum atomic E-state index is 12.5. The lowest BCUT2D eigenvalue weighted by molar-refractivity contribution is -0.120. The first-order valence-electron chi connectivity index (χ1n) is 7.71. The third-order valence-corrected chi connectivity index (χ3v) is 4.01. The average molecular weight is 306 g/mol. The first kappa shape index (κ1) is 15.1. The van der Waals surface area contributed by atoms with Crippen molar-refractivity contribution in [3.05, 3.63) is 59.2 Å². The first-order chi connectivity index (χ1) is 11.2. The molecule has 0 saturated carbocycles. The number of para-hydroxylation sites is 1. The van der Waals surface area contributed by atoms with E-state index in [9.17, 15) is 4.79 Å². The van der Waals surface area contributed by atoms with Gasteiger partial charge in [0.05, 0.1) is 5.56 Å². The highest BCUT2D eigenvalue weighted by atomic mass is 16.5. The fourth-order valence-corrected chi connectivity index (χ4v) is 2.89. The molecule has 1 amide bonds. The predicted octanol–water partition coefficient (Wildman–Crippen LogP) is 3.22. The Labute approximate surface area is 135 Å². The van der Waals surface area contributed by atoms with Crippen LogP contribution in [0, 0.1) is 18.3 Å². The number of carbonyl (C=O) groups excluding carboxylic acids is 1. The van der Waals surface area contributed by atoms with Crippen LogP contribution in [0.5, 0.6) is 5.75 Å². The molecule has 1 aliphatic rings. The van der Waals surface area contributed by atoms with Crippen LogP contribution in [0.1, 0.15) is 23.1 Å². The number of anilines is 1. The van der Waals surface area contributed by atoms with E-state index in [1.807, 2.05) is 12.1 Å². The second kappa shape index (κ2) is 6.53. The third-order valence-electron chi connectivity index (χ3n) is 4.01. The number of nitriles is 1. The van der Waals surface area contributed by atoms with E-state index in [2.05, 4.69) is 19.1 Å². The van der Waals surface area contributed by atoms with Crippen molar-refractivity contribution in [2.75, 3.05) is 18.1 Å². The highest BCUT2D eigenvalue weighted by Gasteiger charge is 2.23. The Balaban J connectivity index is 1.74. The van der Waals surface area contributed by atoms with Gasteiger partial charge in [-0.05, 0) is 43.5 Å². The number of fused-ring (bicyclic) bond motifs is 1. The molecule has 0 radical (unpaired) electrons. The Bertz CT molecular complexity index is 777. The maximum Gasteiger partial charge on any atom is 0.264 e. The van der Waals surface area contributed by atoms with Gasteiger partial charge in [0.25, 0.3) is 5.91 Å². The lowest BCUT2D eigenvalue weighted by Gasteiger charge is -2.29. The van der Waals surface area contributed by atoms with Gasteiger partial charge < -0.3 is 9.64 Å². The summed E-state index contributed by atoms with van der Waals surface area (Å²) in [7, 11) is 0. The summed E-state index contributed by atoms with van der Waals surface area (Å²) in [5, 5.41) is 9.06. The van der Waals surface area contributed by atoms with Gasteiger partial charge in [-0.25, -0.2) is 0 Å². The summed E-state index contributed by atoms with van der Waals surface area (Å²) in [5.41, 5.74) is 3.83. The van der Waals surface area contributed by atoms with Gasteiger partial charge >= 0.3 is 0 Å². The van der Waals surface area contributed by atoms with Crippen molar-refractivity contribution in [3.63, 3.8) is 0 Å². The van der Waals surface area contributed by atoms with Gasteiger partial charge in [-0.15, -0.1) is 0 Å². The van der Waals surface area contributed by atoms with Crippen LogP contribution >= 0.6 is 0 Å². The summed E-state index contributed by atoms with van der Waals surface area (Å²) in [5.74, 6) is 0.368. The molecular formula is C19H18N2O2. The standard InChI is InChI=1S/C19H18N2O2/c1-14-8-9-17-15(11-14)6-4-10-21(17)19(22)13-23-18-7-3-2-5-16(18)12-20/h2-3,5,7-9,11H,4,6,10,13H2,1H3. The molecule has 0 aromatic heterocycles. The van der Waals surface area contributed by atoms with Crippen LogP contribution in [0.2, 0.25) is 0 Å². The number of hydrogen-bond acceptors (Lipinski definition) is 3. The fourth-order valence-electron chi connectivity index (χ4n) is 2.89. The second-order valence-corrected chi connectivity index (χ2v) is 5.68. The van der Waals surface area contributed by atoms with Crippen molar-refractivity contribution in [2.24, 2.45) is 0 Å². The molecule has 2 aromatic rings. The Morgan fingerprint density at radius 1 is 1.30 bits per heavy atom. The van der Waals surface area contributed by atoms with E-state index in [-0.39, 0.29) is 12.5 Å². The molecule has 23 heavy (non-hydrogen) atoms. The van der Waals surface area contributed by atoms with Gasteiger partial charge in [-0.2, -0.15) is 5.26 Å². The van der Waals surface area contributed by atoms with Crippen molar-refractivity contribution in [3.8, 4) is 11.8 Å². The van der Waals surface area contributed by atoms with E-state index in [0.29, 0.717) is 17.9 Å². The summed E-state index contributed by atoms with van der Waals surface area (Å²) in [4.78, 5) is 14.3. The lowest BCUT2D eigenvalue weighted by atomic mass is 9.99. The molecule has 1 aliphatic heterocycles. The smallest absolute Gasteiger partial charge is 0.264 e. The highest BCUT2D eigenvalue weighted by molar-refractivity contribution is 5.95. The molecule has 4 heteroatoms. The molecule has 0 N–H and O–H groups in total. The number of benzene rings is 2. The molecule has 2 aromatic carbocycles. The van der Waals surface area contributed by atoms with Crippen LogP contribution < -0.4 is 9.64 Å². The topological polar surface area (TPSA) is 53.3 Å². The summed E-state index contributed by atoms with van der Waals surface area (Å²) in [6.07, 6.45) is 1.95. The quantitative estimate of drug-likeness (QED) is 0.875. The zero-order valence-corrected chi connectivity index (χ0v) is 13.1. The molecule has 0 spiro atoms. The number of ether oxygens (including phenoxy) is 1. The van der Waals surface area contributed by atoms with Crippen molar-refractivity contribution >= 4 is 11.6 Å². The van der Waals surface area contributed by atoms with Crippen molar-refractivity contribution < 1.29 is 9.53 Å². The normalized spacial score (nSPS) is 13.1. The van der Waals surface area contributed by atoms with Crippen molar-refractivity contribution in [1.29, 1.82) is 5.26 Å². The van der Waals surface area contributed by atoms with Gasteiger partial charge in [-0.1, -0.05) is 29.8 Å². The van der Waals surface area contributed by atoms with Gasteiger partial charge in [0, 0.05) is 12.2 Å². The minimum Gasteiger partial charge on any atom is -0.482 e. The van der Waals surface area contributed by atoms with Crippen LogP contribution in [-0.2, 0) is 11.2 Å². The molecule has 116 valence electrons. The lowest BCUT2D eigenvalue weighted by Crippen LogP contribution is -2.38. The largest absolute Gasteiger partial charge is 0.482 e. The molecular weight excluding hydrogens is 288 g/mol. The van der Waals surface area contributed by atoms with Crippen molar-refractivity contribution in [1.82, 2.24) is 0 Å². The maximum absolute atomic E-state index is 12.5. The van der Waals surface area contributed by atoms with E-state index in [1.165, 1.54) is 11.1 Å². The van der Waals surface area contributed by atoms with E-state index in [4.69, 9.17) is 10.00 Å². The number of amides is 1. The molecule has 1 heterocycles. The number of carbonyl (C=O) groups is 1. The van der Waals surface area contributed by atoms with E-state index >= 15 is 0 Å². The summed E-state index contributed by atoms with van der Waals surface area (Å²) >= 11 is 0. The van der Waals surface area contributed by atoms with Gasteiger partial charge in [0.1, 0.15) is 11.8 Å². The minimum atomic E-state index is -0.0810. The predicted molar refractivity (Wildman–Crippen MR) is 88.5 cm³/mol. The van der Waals surface area contributed by atoms with Crippen LogP contribution in [-0.4, -0.2) is 19.1 Å². The third kappa shape index (κ3) is 3.19. The Morgan fingerprint density at radius 3 is 2.96 bits per heavy atom. The van der Waals surface area contributed by atoms with Crippen LogP contribution in [0.25, 0.3) is 0 Å². The van der Waals surface area contributed by atoms with Gasteiger partial charge in [-0.3, -0.25) is 4.79 Å². The van der Waals surface area contributed by atoms with Crippen LogP contribution in [0.3, 0.4) is 0 Å². The fraction of sp³-hybridized carbons (Fsp3) is 0.263. The SMILES string of the molecule is Cc1ccc2c(c1)CCCN2C(=O)COc1ccccc1C#N. The minimum absolute atomic E-state index is 0.0635. The van der Waals surface area contributed by atoms with Gasteiger partial charge in [0.2, 0.25) is 0 Å². The van der Waals surface area contributed by atoms with Gasteiger partial charge in [0.15, 0.2) is 6.61 Å². The summed E-state index contributed by atoms with van der Waals surface area (Å²) in [6.45, 7) is 2.70. The number of nitrogens with zero attached hydrogens (tertiary/aromatic N) is 2. The van der Waals surface area contributed by atoms with Crippen LogP contribution in [0.4, 0.5) is 5.69 Å². The monoisotopic (exact) mass is 306 g/mol.